The Morgan fingerprint density at radius 3 is 2.48 bits per heavy atom. The van der Waals surface area contributed by atoms with E-state index in [9.17, 15) is 9.59 Å². The van der Waals surface area contributed by atoms with E-state index in [2.05, 4.69) is 27.9 Å². The van der Waals surface area contributed by atoms with Gasteiger partial charge in [-0.1, -0.05) is 18.2 Å². The van der Waals surface area contributed by atoms with Gasteiger partial charge in [0, 0.05) is 38.2 Å². The van der Waals surface area contributed by atoms with Crippen LogP contribution in [0.3, 0.4) is 0 Å². The van der Waals surface area contributed by atoms with Gasteiger partial charge in [0.05, 0.1) is 11.4 Å². The van der Waals surface area contributed by atoms with E-state index in [1.807, 2.05) is 42.2 Å². The highest BCUT2D eigenvalue weighted by Gasteiger charge is 2.30. The molecule has 1 saturated heterocycles. The Morgan fingerprint density at radius 1 is 1.10 bits per heavy atom. The van der Waals surface area contributed by atoms with Gasteiger partial charge in [-0.2, -0.15) is 10.2 Å². The van der Waals surface area contributed by atoms with Crippen molar-refractivity contribution in [2.45, 2.75) is 46.1 Å². The van der Waals surface area contributed by atoms with E-state index in [1.165, 1.54) is 10.7 Å². The van der Waals surface area contributed by atoms with E-state index in [-0.39, 0.29) is 11.8 Å². The molecule has 0 aliphatic carbocycles. The molecule has 1 aromatic carbocycles. The van der Waals surface area contributed by atoms with Crippen LogP contribution < -0.4 is 5.01 Å². The Bertz CT molecular complexity index is 926. The summed E-state index contributed by atoms with van der Waals surface area (Å²) in [5.41, 5.74) is 3.41. The zero-order valence-corrected chi connectivity index (χ0v) is 17.0. The molecule has 29 heavy (non-hydrogen) atoms. The summed E-state index contributed by atoms with van der Waals surface area (Å²) >= 11 is 0. The number of benzene rings is 1. The van der Waals surface area contributed by atoms with E-state index in [4.69, 9.17) is 0 Å². The first-order chi connectivity index (χ1) is 14.0. The van der Waals surface area contributed by atoms with Gasteiger partial charge in [-0.25, -0.2) is 5.01 Å². The molecule has 3 heterocycles. The van der Waals surface area contributed by atoms with Crippen LogP contribution in [-0.4, -0.2) is 45.3 Å². The number of anilines is 1. The molecule has 0 radical (unpaired) electrons. The number of para-hydroxylation sites is 1. The monoisotopic (exact) mass is 393 g/mol. The Balaban J connectivity index is 1.39. The summed E-state index contributed by atoms with van der Waals surface area (Å²) < 4.78 is 2.08. The zero-order valence-electron chi connectivity index (χ0n) is 17.0. The molecular weight excluding hydrogens is 366 g/mol. The quantitative estimate of drug-likeness (QED) is 0.802. The second kappa shape index (κ2) is 8.19. The molecule has 1 aromatic heterocycles. The van der Waals surface area contributed by atoms with Crippen molar-refractivity contribution in [2.75, 3.05) is 18.1 Å². The second-order valence-electron chi connectivity index (χ2n) is 7.93. The van der Waals surface area contributed by atoms with Crippen LogP contribution in [0.4, 0.5) is 5.69 Å². The van der Waals surface area contributed by atoms with Crippen LogP contribution in [0.2, 0.25) is 0 Å². The Hall–Kier alpha value is -2.96. The molecule has 2 aliphatic heterocycles. The minimum absolute atomic E-state index is 0.0389. The van der Waals surface area contributed by atoms with Crippen LogP contribution in [-0.2, 0) is 16.1 Å². The van der Waals surface area contributed by atoms with E-state index < -0.39 is 0 Å². The van der Waals surface area contributed by atoms with E-state index in [0.717, 1.165) is 38.2 Å². The Kier molecular flexibility index (Phi) is 5.47. The van der Waals surface area contributed by atoms with E-state index in [0.29, 0.717) is 30.2 Å². The standard InChI is InChI=1S/C22H27N5O2/c1-16-14-17(2)26(23-16)15-18-10-12-25(13-11-18)22(29)20-8-9-21(28)27(24-20)19-6-4-3-5-7-19/h3-7,14,18H,8-13,15H2,1-2H3. The van der Waals surface area contributed by atoms with Crippen LogP contribution in [0.15, 0.2) is 41.5 Å². The van der Waals surface area contributed by atoms with Crippen molar-refractivity contribution < 1.29 is 9.59 Å². The smallest absolute Gasteiger partial charge is 0.270 e. The average molecular weight is 393 g/mol. The number of aryl methyl sites for hydroxylation is 2. The fraction of sp³-hybridized carbons (Fsp3) is 0.455. The summed E-state index contributed by atoms with van der Waals surface area (Å²) in [5.74, 6) is 0.409. The molecule has 2 amide bonds. The number of carbonyl (C=O) groups excluding carboxylic acids is 2. The molecule has 1 fully saturated rings. The fourth-order valence-corrected chi connectivity index (χ4v) is 4.08. The highest BCUT2D eigenvalue weighted by Crippen LogP contribution is 2.23. The van der Waals surface area contributed by atoms with Crippen LogP contribution in [0, 0.1) is 19.8 Å². The van der Waals surface area contributed by atoms with Crippen molar-refractivity contribution in [2.24, 2.45) is 11.0 Å². The van der Waals surface area contributed by atoms with Gasteiger partial charge in [0.15, 0.2) is 0 Å². The van der Waals surface area contributed by atoms with Crippen molar-refractivity contribution >= 4 is 23.2 Å². The van der Waals surface area contributed by atoms with Gasteiger partial charge in [-0.05, 0) is 50.8 Å². The maximum atomic E-state index is 13.0. The van der Waals surface area contributed by atoms with Gasteiger partial charge in [-0.3, -0.25) is 14.3 Å². The molecule has 0 bridgehead atoms. The summed E-state index contributed by atoms with van der Waals surface area (Å²) in [5, 5.41) is 10.3. The van der Waals surface area contributed by atoms with Crippen molar-refractivity contribution in [3.05, 3.63) is 47.8 Å². The van der Waals surface area contributed by atoms with E-state index >= 15 is 0 Å². The maximum Gasteiger partial charge on any atom is 0.270 e. The third kappa shape index (κ3) is 4.23. The molecule has 4 rings (SSSR count). The lowest BCUT2D eigenvalue weighted by atomic mass is 9.96. The Labute approximate surface area is 171 Å². The minimum atomic E-state index is -0.0728. The number of hydrazone groups is 1. The third-order valence-electron chi connectivity index (χ3n) is 5.72. The van der Waals surface area contributed by atoms with E-state index in [1.54, 1.807) is 0 Å². The van der Waals surface area contributed by atoms with Gasteiger partial charge in [-0.15, -0.1) is 0 Å². The van der Waals surface area contributed by atoms with Gasteiger partial charge in [0.2, 0.25) is 5.91 Å². The summed E-state index contributed by atoms with van der Waals surface area (Å²) in [7, 11) is 0. The summed E-state index contributed by atoms with van der Waals surface area (Å²) in [4.78, 5) is 27.2. The lowest BCUT2D eigenvalue weighted by Gasteiger charge is -2.33. The molecule has 0 spiro atoms. The molecule has 2 aromatic rings. The molecule has 0 unspecified atom stereocenters. The topological polar surface area (TPSA) is 70.8 Å². The summed E-state index contributed by atoms with van der Waals surface area (Å²) in [6, 6.07) is 11.4. The number of carbonyl (C=O) groups is 2. The fourth-order valence-electron chi connectivity index (χ4n) is 4.08. The number of hydrogen-bond donors (Lipinski definition) is 0. The van der Waals surface area contributed by atoms with Crippen LogP contribution in [0.25, 0.3) is 0 Å². The summed E-state index contributed by atoms with van der Waals surface area (Å²) in [6.07, 6.45) is 2.64. The van der Waals surface area contributed by atoms with Crippen molar-refractivity contribution in [3.63, 3.8) is 0 Å². The highest BCUT2D eigenvalue weighted by atomic mass is 16.2. The number of amides is 2. The van der Waals surface area contributed by atoms with Crippen molar-refractivity contribution in [1.29, 1.82) is 0 Å². The zero-order chi connectivity index (χ0) is 20.4. The molecule has 0 saturated carbocycles. The van der Waals surface area contributed by atoms with Gasteiger partial charge >= 0.3 is 0 Å². The number of piperidine rings is 1. The molecule has 2 aliphatic rings. The molecule has 152 valence electrons. The number of hydrogen-bond acceptors (Lipinski definition) is 4. The molecule has 7 heteroatoms. The number of aromatic nitrogens is 2. The lowest BCUT2D eigenvalue weighted by molar-refractivity contribution is -0.125. The van der Waals surface area contributed by atoms with Crippen molar-refractivity contribution in [1.82, 2.24) is 14.7 Å². The first-order valence-electron chi connectivity index (χ1n) is 10.3. The van der Waals surface area contributed by atoms with Gasteiger partial charge < -0.3 is 4.90 Å². The predicted molar refractivity (Wildman–Crippen MR) is 112 cm³/mol. The number of rotatable bonds is 4. The van der Waals surface area contributed by atoms with Crippen LogP contribution >= 0.6 is 0 Å². The van der Waals surface area contributed by atoms with Crippen LogP contribution in [0.1, 0.15) is 37.1 Å². The highest BCUT2D eigenvalue weighted by molar-refractivity contribution is 6.40. The molecular formula is C22H27N5O2. The first kappa shape index (κ1) is 19.4. The third-order valence-corrected chi connectivity index (χ3v) is 5.72. The average Bonchev–Trinajstić information content (AvgIpc) is 3.05. The normalized spacial score (nSPS) is 18.1. The van der Waals surface area contributed by atoms with Crippen LogP contribution in [0.5, 0.6) is 0 Å². The van der Waals surface area contributed by atoms with Gasteiger partial charge in [0.25, 0.3) is 5.91 Å². The number of nitrogens with zero attached hydrogens (tertiary/aromatic N) is 5. The predicted octanol–water partition coefficient (Wildman–Crippen LogP) is 2.92. The molecule has 7 nitrogen and oxygen atoms in total. The van der Waals surface area contributed by atoms with Crippen molar-refractivity contribution in [3.8, 4) is 0 Å². The largest absolute Gasteiger partial charge is 0.338 e. The first-order valence-corrected chi connectivity index (χ1v) is 10.3. The maximum absolute atomic E-state index is 13.0. The minimum Gasteiger partial charge on any atom is -0.338 e. The van der Waals surface area contributed by atoms with Gasteiger partial charge in [0.1, 0.15) is 5.71 Å². The molecule has 0 atom stereocenters. The molecule has 0 N–H and O–H groups in total. The summed E-state index contributed by atoms with van der Waals surface area (Å²) in [6.45, 7) is 6.44. The second-order valence-corrected chi connectivity index (χ2v) is 7.93. The number of likely N-dealkylation sites (tertiary alicyclic amines) is 1. The Morgan fingerprint density at radius 2 is 1.83 bits per heavy atom. The lowest BCUT2D eigenvalue weighted by Crippen LogP contribution is -2.45. The SMILES string of the molecule is Cc1cc(C)n(CC2CCN(C(=O)C3=NN(c4ccccc4)C(=O)CC3)CC2)n1.